The summed E-state index contributed by atoms with van der Waals surface area (Å²) in [5, 5.41) is 0. The minimum absolute atomic E-state index is 0.459. The smallest absolute Gasteiger partial charge is 0.248 e. The second kappa shape index (κ2) is 6.92. The molecule has 0 saturated heterocycles. The summed E-state index contributed by atoms with van der Waals surface area (Å²) < 4.78 is 39.0. The van der Waals surface area contributed by atoms with Crippen molar-refractivity contribution in [3.05, 3.63) is 71.8 Å². The number of halogens is 3. The molecule has 0 radical (unpaired) electrons. The first-order valence-corrected chi connectivity index (χ1v) is 8.90. The van der Waals surface area contributed by atoms with Gasteiger partial charge in [-0.3, -0.25) is 0 Å². The van der Waals surface area contributed by atoms with Crippen LogP contribution in [0.5, 0.6) is 0 Å². The van der Waals surface area contributed by atoms with Gasteiger partial charge in [-0.1, -0.05) is 36.4 Å². The molecule has 0 amide bonds. The number of nitrogens with zero attached hydrogens (tertiary/aromatic N) is 1. The first-order chi connectivity index (χ1) is 11.9. The molecule has 1 aromatic heterocycles. The third-order valence-corrected chi connectivity index (χ3v) is 4.65. The van der Waals surface area contributed by atoms with E-state index in [0.29, 0.717) is 11.3 Å². The number of aryl methyl sites for hydroxylation is 1. The molecule has 0 saturated carbocycles. The van der Waals surface area contributed by atoms with Gasteiger partial charge < -0.3 is 0 Å². The molecule has 1 nitrogen and oxygen atoms in total. The largest absolute Gasteiger partial charge is 0.416 e. The van der Waals surface area contributed by atoms with E-state index in [1.165, 1.54) is 17.8 Å². The zero-order valence-corrected chi connectivity index (χ0v) is 14.6. The molecule has 0 spiro atoms. The monoisotopic (exact) mass is 359 g/mol. The Hall–Kier alpha value is -2.27. The minimum atomic E-state index is -4.37. The van der Waals surface area contributed by atoms with Crippen LogP contribution in [0.25, 0.3) is 22.5 Å². The maximum Gasteiger partial charge on any atom is 0.416 e. The Kier molecular flexibility index (Phi) is 4.86. The molecule has 128 valence electrons. The van der Waals surface area contributed by atoms with Crippen LogP contribution in [0.2, 0.25) is 0 Å². The molecular weight excluding hydrogens is 343 g/mol. The van der Waals surface area contributed by atoms with Crippen LogP contribution in [-0.4, -0.2) is 11.2 Å². The third kappa shape index (κ3) is 3.87. The van der Waals surface area contributed by atoms with Gasteiger partial charge in [0.25, 0.3) is 0 Å². The Morgan fingerprint density at radius 3 is 2.28 bits per heavy atom. The highest BCUT2D eigenvalue weighted by Gasteiger charge is 2.30. The van der Waals surface area contributed by atoms with Crippen LogP contribution in [-0.2, 0) is 6.18 Å². The summed E-state index contributed by atoms with van der Waals surface area (Å²) in [4.78, 5) is 5.58. The maximum absolute atomic E-state index is 13.0. The quantitative estimate of drug-likeness (QED) is 0.497. The van der Waals surface area contributed by atoms with Gasteiger partial charge in [0.2, 0.25) is 0 Å². The Morgan fingerprint density at radius 1 is 0.880 bits per heavy atom. The average Bonchev–Trinajstić information content (AvgIpc) is 2.61. The number of hydrogen-bond acceptors (Lipinski definition) is 2. The van der Waals surface area contributed by atoms with Crippen molar-refractivity contribution in [1.82, 2.24) is 4.98 Å². The van der Waals surface area contributed by atoms with E-state index in [0.717, 1.165) is 33.8 Å². The lowest BCUT2D eigenvalue weighted by molar-refractivity contribution is -0.137. The Balaban J connectivity index is 2.15. The standard InChI is InChI=1S/C20H16F3NS/c1-13-6-3-4-9-17(13)19-12-16(25-2)11-18(24-19)14-7-5-8-15(10-14)20(21,22)23/h3-12H,1-2H3. The minimum Gasteiger partial charge on any atom is -0.248 e. The SMILES string of the molecule is CSc1cc(-c2cccc(C(F)(F)F)c2)nc(-c2ccccc2C)c1. The third-order valence-electron chi connectivity index (χ3n) is 3.94. The summed E-state index contributed by atoms with van der Waals surface area (Å²) in [5.41, 5.74) is 3.14. The Bertz CT molecular complexity index is 903. The van der Waals surface area contributed by atoms with Crippen LogP contribution in [0, 0.1) is 6.92 Å². The molecule has 25 heavy (non-hydrogen) atoms. The predicted molar refractivity (Wildman–Crippen MR) is 96.6 cm³/mol. The van der Waals surface area contributed by atoms with Crippen molar-refractivity contribution < 1.29 is 13.2 Å². The number of benzene rings is 2. The van der Waals surface area contributed by atoms with Gasteiger partial charge in [0.05, 0.1) is 17.0 Å². The van der Waals surface area contributed by atoms with Gasteiger partial charge in [0, 0.05) is 16.0 Å². The zero-order chi connectivity index (χ0) is 18.0. The highest BCUT2D eigenvalue weighted by atomic mass is 32.2. The van der Waals surface area contributed by atoms with E-state index in [4.69, 9.17) is 0 Å². The molecular formula is C20H16F3NS. The lowest BCUT2D eigenvalue weighted by Crippen LogP contribution is -2.04. The topological polar surface area (TPSA) is 12.9 Å². The highest BCUT2D eigenvalue weighted by Crippen LogP contribution is 2.34. The second-order valence-corrected chi connectivity index (χ2v) is 6.55. The van der Waals surface area contributed by atoms with Crippen molar-refractivity contribution in [2.45, 2.75) is 18.0 Å². The number of rotatable bonds is 3. The summed E-state index contributed by atoms with van der Waals surface area (Å²) in [7, 11) is 0. The summed E-state index contributed by atoms with van der Waals surface area (Å²) in [6, 6.07) is 16.9. The summed E-state index contributed by atoms with van der Waals surface area (Å²) in [6.45, 7) is 1.99. The van der Waals surface area contributed by atoms with Gasteiger partial charge in [-0.25, -0.2) is 4.98 Å². The molecule has 3 aromatic rings. The molecule has 0 aliphatic heterocycles. The van der Waals surface area contributed by atoms with Crippen molar-refractivity contribution in [3.63, 3.8) is 0 Å². The van der Waals surface area contributed by atoms with Crippen molar-refractivity contribution >= 4 is 11.8 Å². The molecule has 0 aliphatic carbocycles. The molecule has 0 bridgehead atoms. The first kappa shape index (κ1) is 17.5. The van der Waals surface area contributed by atoms with E-state index in [1.807, 2.05) is 49.6 Å². The lowest BCUT2D eigenvalue weighted by Gasteiger charge is -2.12. The van der Waals surface area contributed by atoms with E-state index >= 15 is 0 Å². The molecule has 2 aromatic carbocycles. The molecule has 0 aliphatic rings. The van der Waals surface area contributed by atoms with E-state index in [2.05, 4.69) is 4.98 Å². The number of thioether (sulfide) groups is 1. The fraction of sp³-hybridized carbons (Fsp3) is 0.150. The van der Waals surface area contributed by atoms with E-state index < -0.39 is 11.7 Å². The molecule has 0 N–H and O–H groups in total. The van der Waals surface area contributed by atoms with Crippen molar-refractivity contribution in [3.8, 4) is 22.5 Å². The number of alkyl halides is 3. The van der Waals surface area contributed by atoms with Crippen LogP contribution in [0.15, 0.2) is 65.6 Å². The second-order valence-electron chi connectivity index (χ2n) is 5.67. The Labute approximate surface area is 148 Å². The van der Waals surface area contributed by atoms with Crippen LogP contribution in [0.3, 0.4) is 0 Å². The van der Waals surface area contributed by atoms with Gasteiger partial charge in [0.1, 0.15) is 0 Å². The molecule has 3 rings (SSSR count). The highest BCUT2D eigenvalue weighted by molar-refractivity contribution is 7.98. The van der Waals surface area contributed by atoms with Crippen LogP contribution >= 0.6 is 11.8 Å². The number of pyridine rings is 1. The van der Waals surface area contributed by atoms with Crippen molar-refractivity contribution in [2.24, 2.45) is 0 Å². The van der Waals surface area contributed by atoms with Crippen molar-refractivity contribution in [2.75, 3.05) is 6.26 Å². The van der Waals surface area contributed by atoms with Crippen LogP contribution < -0.4 is 0 Å². The molecule has 1 heterocycles. The predicted octanol–water partition coefficient (Wildman–Crippen LogP) is 6.46. The summed E-state index contributed by atoms with van der Waals surface area (Å²) in [5.74, 6) is 0. The van der Waals surface area contributed by atoms with Crippen LogP contribution in [0.4, 0.5) is 13.2 Å². The van der Waals surface area contributed by atoms with E-state index in [-0.39, 0.29) is 0 Å². The van der Waals surface area contributed by atoms with Gasteiger partial charge >= 0.3 is 6.18 Å². The first-order valence-electron chi connectivity index (χ1n) is 7.68. The Morgan fingerprint density at radius 2 is 1.60 bits per heavy atom. The lowest BCUT2D eigenvalue weighted by atomic mass is 10.0. The summed E-state index contributed by atoms with van der Waals surface area (Å²) >= 11 is 1.54. The molecule has 0 atom stereocenters. The van der Waals surface area contributed by atoms with E-state index in [1.54, 1.807) is 6.07 Å². The zero-order valence-electron chi connectivity index (χ0n) is 13.8. The number of hydrogen-bond donors (Lipinski definition) is 0. The van der Waals surface area contributed by atoms with Crippen LogP contribution in [0.1, 0.15) is 11.1 Å². The van der Waals surface area contributed by atoms with Gasteiger partial charge in [-0.2, -0.15) is 13.2 Å². The molecule has 0 fully saturated rings. The van der Waals surface area contributed by atoms with Gasteiger partial charge in [-0.05, 0) is 43.0 Å². The van der Waals surface area contributed by atoms with Gasteiger partial charge in [-0.15, -0.1) is 11.8 Å². The van der Waals surface area contributed by atoms with Gasteiger partial charge in [0.15, 0.2) is 0 Å². The maximum atomic E-state index is 13.0. The number of aromatic nitrogens is 1. The molecule has 5 heteroatoms. The van der Waals surface area contributed by atoms with Crippen molar-refractivity contribution in [1.29, 1.82) is 0 Å². The summed E-state index contributed by atoms with van der Waals surface area (Å²) in [6.07, 6.45) is -2.43. The molecule has 0 unspecified atom stereocenters. The average molecular weight is 359 g/mol. The normalized spacial score (nSPS) is 11.6. The fourth-order valence-electron chi connectivity index (χ4n) is 2.62. The fourth-order valence-corrected chi connectivity index (χ4v) is 3.08. The van der Waals surface area contributed by atoms with E-state index in [9.17, 15) is 13.2 Å².